The number of piperazine rings is 1. The number of nitriles is 1. The molecular weight excluding hydrogens is 344 g/mol. The van der Waals surface area contributed by atoms with Gasteiger partial charge in [0.05, 0.1) is 11.2 Å². The fourth-order valence-corrected chi connectivity index (χ4v) is 3.58. The molecule has 0 spiro atoms. The second-order valence-electron chi connectivity index (χ2n) is 6.46. The lowest BCUT2D eigenvalue weighted by Crippen LogP contribution is -2.49. The highest BCUT2D eigenvalue weighted by molar-refractivity contribution is 5.95. The molecular formula is C19H18N6O2. The maximum atomic E-state index is 12.6. The van der Waals surface area contributed by atoms with Crippen LogP contribution in [0, 0.1) is 11.3 Å². The average Bonchev–Trinajstić information content (AvgIpc) is 3.25. The summed E-state index contributed by atoms with van der Waals surface area (Å²) >= 11 is 0. The number of H-pyrrole nitrogens is 1. The van der Waals surface area contributed by atoms with Gasteiger partial charge in [-0.3, -0.25) is 14.7 Å². The minimum absolute atomic E-state index is 0.120. The second kappa shape index (κ2) is 6.61. The van der Waals surface area contributed by atoms with Crippen LogP contribution >= 0.6 is 0 Å². The molecule has 1 aliphatic rings. The van der Waals surface area contributed by atoms with E-state index in [0.29, 0.717) is 37.6 Å². The monoisotopic (exact) mass is 362 g/mol. The minimum atomic E-state index is -0.304. The molecule has 27 heavy (non-hydrogen) atoms. The van der Waals surface area contributed by atoms with E-state index in [4.69, 9.17) is 0 Å². The Hall–Kier alpha value is -3.60. The van der Waals surface area contributed by atoms with Crippen molar-refractivity contribution in [3.05, 3.63) is 58.1 Å². The van der Waals surface area contributed by atoms with Gasteiger partial charge in [0, 0.05) is 44.8 Å². The molecule has 1 saturated heterocycles. The van der Waals surface area contributed by atoms with E-state index in [1.165, 1.54) is 4.57 Å². The molecule has 0 saturated carbocycles. The van der Waals surface area contributed by atoms with Crippen LogP contribution in [0.25, 0.3) is 10.9 Å². The maximum Gasteiger partial charge on any atom is 0.274 e. The van der Waals surface area contributed by atoms with E-state index >= 15 is 0 Å². The van der Waals surface area contributed by atoms with E-state index < -0.39 is 0 Å². The number of aromatic amines is 1. The van der Waals surface area contributed by atoms with E-state index in [0.717, 1.165) is 10.9 Å². The van der Waals surface area contributed by atoms with E-state index in [2.05, 4.69) is 16.3 Å². The van der Waals surface area contributed by atoms with E-state index in [1.807, 2.05) is 29.2 Å². The Morgan fingerprint density at radius 1 is 1.19 bits per heavy atom. The zero-order valence-corrected chi connectivity index (χ0v) is 14.8. The summed E-state index contributed by atoms with van der Waals surface area (Å²) in [4.78, 5) is 28.9. The maximum absolute atomic E-state index is 12.6. The van der Waals surface area contributed by atoms with Gasteiger partial charge in [0.15, 0.2) is 0 Å². The van der Waals surface area contributed by atoms with Gasteiger partial charge in [-0.15, -0.1) is 0 Å². The summed E-state index contributed by atoms with van der Waals surface area (Å²) in [6.07, 6.45) is 1.62. The molecule has 136 valence electrons. The summed E-state index contributed by atoms with van der Waals surface area (Å²) in [6, 6.07) is 11.3. The summed E-state index contributed by atoms with van der Waals surface area (Å²) in [6.45, 7) is 2.09. The lowest BCUT2D eigenvalue weighted by molar-refractivity contribution is 0.0741. The predicted octanol–water partition coefficient (Wildman–Crippen LogP) is 1.10. The second-order valence-corrected chi connectivity index (χ2v) is 6.46. The van der Waals surface area contributed by atoms with Crippen molar-refractivity contribution in [1.82, 2.24) is 19.7 Å². The standard InChI is InChI=1S/C19H18N6O2/c1-23-16-5-3-2-4-13(16)17(14(12-20)18(23)26)24-8-10-25(11-9-24)19(27)15-6-7-21-22-15/h2-7H,8-11H2,1H3,(H,21,22). The fourth-order valence-electron chi connectivity index (χ4n) is 3.58. The van der Waals surface area contributed by atoms with Crippen molar-refractivity contribution >= 4 is 22.5 Å². The van der Waals surface area contributed by atoms with E-state index in [-0.39, 0.29) is 17.0 Å². The number of rotatable bonds is 2. The molecule has 8 heteroatoms. The highest BCUT2D eigenvalue weighted by Crippen LogP contribution is 2.29. The van der Waals surface area contributed by atoms with Gasteiger partial charge in [-0.05, 0) is 12.1 Å². The topological polar surface area (TPSA) is 98.0 Å². The van der Waals surface area contributed by atoms with Crippen LogP contribution in [0.2, 0.25) is 0 Å². The largest absolute Gasteiger partial charge is 0.366 e. The number of carbonyl (C=O) groups excluding carboxylic acids is 1. The number of anilines is 1. The molecule has 2 aromatic heterocycles. The first-order valence-electron chi connectivity index (χ1n) is 8.67. The number of fused-ring (bicyclic) bond motifs is 1. The number of pyridine rings is 1. The number of nitrogens with one attached hydrogen (secondary N) is 1. The number of carbonyl (C=O) groups is 1. The summed E-state index contributed by atoms with van der Waals surface area (Å²) in [5.74, 6) is -0.120. The summed E-state index contributed by atoms with van der Waals surface area (Å²) in [7, 11) is 1.68. The molecule has 0 bridgehead atoms. The lowest BCUT2D eigenvalue weighted by Gasteiger charge is -2.36. The number of aromatic nitrogens is 3. The molecule has 1 amide bonds. The average molecular weight is 362 g/mol. The summed E-state index contributed by atoms with van der Waals surface area (Å²) in [5.41, 5.74) is 1.67. The molecule has 0 aliphatic carbocycles. The normalized spacial score (nSPS) is 14.4. The Balaban J connectivity index is 1.68. The molecule has 1 aliphatic heterocycles. The van der Waals surface area contributed by atoms with Gasteiger partial charge >= 0.3 is 0 Å². The Morgan fingerprint density at radius 2 is 1.93 bits per heavy atom. The van der Waals surface area contributed by atoms with Crippen LogP contribution in [0.15, 0.2) is 41.3 Å². The SMILES string of the molecule is Cn1c(=O)c(C#N)c(N2CCN(C(=O)c3cc[nH]n3)CC2)c2ccccc21. The van der Waals surface area contributed by atoms with Crippen LogP contribution in [0.3, 0.4) is 0 Å². The number of amides is 1. The molecule has 3 aromatic rings. The third kappa shape index (κ3) is 2.73. The van der Waals surface area contributed by atoms with Gasteiger partial charge in [-0.1, -0.05) is 18.2 Å². The first kappa shape index (κ1) is 16.8. The Morgan fingerprint density at radius 3 is 2.59 bits per heavy atom. The van der Waals surface area contributed by atoms with Crippen LogP contribution in [0.4, 0.5) is 5.69 Å². The molecule has 3 heterocycles. The first-order chi connectivity index (χ1) is 13.1. The number of nitrogens with zero attached hydrogens (tertiary/aromatic N) is 5. The van der Waals surface area contributed by atoms with E-state index in [1.54, 1.807) is 24.2 Å². The molecule has 1 N–H and O–H groups in total. The van der Waals surface area contributed by atoms with Crippen molar-refractivity contribution < 1.29 is 4.79 Å². The summed E-state index contributed by atoms with van der Waals surface area (Å²) in [5, 5.41) is 17.1. The molecule has 0 radical (unpaired) electrons. The van der Waals surface area contributed by atoms with Crippen LogP contribution in [0.5, 0.6) is 0 Å². The van der Waals surface area contributed by atoms with Crippen molar-refractivity contribution in [2.24, 2.45) is 7.05 Å². The van der Waals surface area contributed by atoms with Crippen LogP contribution < -0.4 is 10.5 Å². The van der Waals surface area contributed by atoms with Gasteiger partial charge in [-0.2, -0.15) is 10.4 Å². The zero-order chi connectivity index (χ0) is 19.0. The van der Waals surface area contributed by atoms with Crippen molar-refractivity contribution in [1.29, 1.82) is 5.26 Å². The Bertz CT molecular complexity index is 1100. The van der Waals surface area contributed by atoms with Crippen molar-refractivity contribution in [2.75, 3.05) is 31.1 Å². The van der Waals surface area contributed by atoms with Gasteiger partial charge in [0.1, 0.15) is 17.3 Å². The van der Waals surface area contributed by atoms with Crippen LogP contribution in [-0.2, 0) is 7.05 Å². The molecule has 1 fully saturated rings. The smallest absolute Gasteiger partial charge is 0.274 e. The Labute approximate surface area is 155 Å². The van der Waals surface area contributed by atoms with Crippen molar-refractivity contribution in [3.8, 4) is 6.07 Å². The lowest BCUT2D eigenvalue weighted by atomic mass is 10.1. The zero-order valence-electron chi connectivity index (χ0n) is 14.8. The fraction of sp³-hybridized carbons (Fsp3) is 0.263. The quantitative estimate of drug-likeness (QED) is 0.736. The first-order valence-corrected chi connectivity index (χ1v) is 8.67. The molecule has 4 rings (SSSR count). The van der Waals surface area contributed by atoms with E-state index in [9.17, 15) is 14.9 Å². The number of hydrogen-bond donors (Lipinski definition) is 1. The van der Waals surface area contributed by atoms with Crippen molar-refractivity contribution in [2.45, 2.75) is 0 Å². The third-order valence-corrected chi connectivity index (χ3v) is 4.99. The summed E-state index contributed by atoms with van der Waals surface area (Å²) < 4.78 is 1.51. The molecule has 0 unspecified atom stereocenters. The third-order valence-electron chi connectivity index (χ3n) is 4.99. The van der Waals surface area contributed by atoms with Crippen molar-refractivity contribution in [3.63, 3.8) is 0 Å². The minimum Gasteiger partial charge on any atom is -0.366 e. The number of hydrogen-bond acceptors (Lipinski definition) is 5. The van der Waals surface area contributed by atoms with Gasteiger partial charge in [0.2, 0.25) is 0 Å². The van der Waals surface area contributed by atoms with Crippen LogP contribution in [0.1, 0.15) is 16.1 Å². The number of aryl methyl sites for hydroxylation is 1. The molecule has 1 aromatic carbocycles. The van der Waals surface area contributed by atoms with Gasteiger partial charge in [0.25, 0.3) is 11.5 Å². The number of benzene rings is 1. The highest BCUT2D eigenvalue weighted by atomic mass is 16.2. The van der Waals surface area contributed by atoms with Gasteiger partial charge in [-0.25, -0.2) is 0 Å². The Kier molecular flexibility index (Phi) is 4.12. The van der Waals surface area contributed by atoms with Gasteiger partial charge < -0.3 is 14.4 Å². The predicted molar refractivity (Wildman–Crippen MR) is 101 cm³/mol. The number of para-hydroxylation sites is 1. The molecule has 0 atom stereocenters. The molecule has 8 nitrogen and oxygen atoms in total. The van der Waals surface area contributed by atoms with Crippen LogP contribution in [-0.4, -0.2) is 51.8 Å². The highest BCUT2D eigenvalue weighted by Gasteiger charge is 2.27.